The van der Waals surface area contributed by atoms with E-state index in [1.165, 1.54) is 18.2 Å². The van der Waals surface area contributed by atoms with E-state index in [2.05, 4.69) is 10.0 Å². The molecule has 9 heteroatoms. The van der Waals surface area contributed by atoms with Crippen LogP contribution in [0.2, 0.25) is 0 Å². The summed E-state index contributed by atoms with van der Waals surface area (Å²) >= 11 is 0. The van der Waals surface area contributed by atoms with Crippen molar-refractivity contribution in [1.29, 1.82) is 0 Å². The number of carbonyl (C=O) groups excluding carboxylic acids is 2. The maximum atomic E-state index is 13.8. The molecule has 0 aliphatic rings. The molecular weight excluding hydrogens is 469 g/mol. The van der Waals surface area contributed by atoms with E-state index >= 15 is 0 Å². The molecule has 35 heavy (non-hydrogen) atoms. The zero-order chi connectivity index (χ0) is 25.0. The number of fused-ring (bicyclic) bond motifs is 1. The molecule has 0 saturated heterocycles. The minimum Gasteiger partial charge on any atom is -0.366 e. The van der Waals surface area contributed by atoms with Crippen LogP contribution in [0.25, 0.3) is 10.8 Å². The van der Waals surface area contributed by atoms with Crippen molar-refractivity contribution < 1.29 is 22.4 Å². The van der Waals surface area contributed by atoms with Crippen molar-refractivity contribution in [2.24, 2.45) is 5.73 Å². The van der Waals surface area contributed by atoms with Gasteiger partial charge in [-0.05, 0) is 53.1 Å². The van der Waals surface area contributed by atoms with E-state index in [0.717, 1.165) is 28.5 Å². The molecular formula is C26H22FN3O4S. The zero-order valence-corrected chi connectivity index (χ0v) is 19.3. The quantitative estimate of drug-likeness (QED) is 0.349. The van der Waals surface area contributed by atoms with Crippen LogP contribution in [0.1, 0.15) is 15.9 Å². The van der Waals surface area contributed by atoms with Crippen LogP contribution in [0.3, 0.4) is 0 Å². The number of carbonyl (C=O) groups is 2. The van der Waals surface area contributed by atoms with Gasteiger partial charge in [0.15, 0.2) is 0 Å². The highest BCUT2D eigenvalue weighted by molar-refractivity contribution is 7.89. The Morgan fingerprint density at radius 2 is 1.54 bits per heavy atom. The second kappa shape index (κ2) is 10.0. The first-order valence-electron chi connectivity index (χ1n) is 10.7. The van der Waals surface area contributed by atoms with E-state index in [1.807, 2.05) is 18.2 Å². The van der Waals surface area contributed by atoms with Crippen LogP contribution >= 0.6 is 0 Å². The average Bonchev–Trinajstić information content (AvgIpc) is 2.84. The van der Waals surface area contributed by atoms with Gasteiger partial charge in [0.25, 0.3) is 5.91 Å². The molecule has 0 fully saturated rings. The largest absolute Gasteiger partial charge is 0.366 e. The summed E-state index contributed by atoms with van der Waals surface area (Å²) in [7, 11) is -4.08. The Kier molecular flexibility index (Phi) is 6.90. The van der Waals surface area contributed by atoms with Gasteiger partial charge in [-0.25, -0.2) is 12.8 Å². The van der Waals surface area contributed by atoms with Gasteiger partial charge in [-0.2, -0.15) is 4.72 Å². The maximum Gasteiger partial charge on any atom is 0.251 e. The van der Waals surface area contributed by atoms with Crippen LogP contribution in [0, 0.1) is 5.82 Å². The molecule has 4 aromatic rings. The highest BCUT2D eigenvalue weighted by atomic mass is 32.2. The number of hydrogen-bond donors (Lipinski definition) is 3. The number of nitrogens with two attached hydrogens (primary N) is 1. The summed E-state index contributed by atoms with van der Waals surface area (Å²) in [4.78, 5) is 24.6. The standard InChI is InChI=1S/C26H22FN3O4S/c27-23-13-11-20(16-22(23)25(28)31)29-26(32)24(14-17-6-2-1-3-7-17)30-35(33,34)21-12-10-18-8-4-5-9-19(18)15-21/h1-13,15-16,24,30H,14H2,(H2,28,31)(H,29,32)/t24-/m0/s1. The van der Waals surface area contributed by atoms with Gasteiger partial charge in [0.2, 0.25) is 15.9 Å². The molecule has 0 spiro atoms. The number of amides is 2. The molecule has 0 aliphatic heterocycles. The molecule has 4 N–H and O–H groups in total. The highest BCUT2D eigenvalue weighted by Crippen LogP contribution is 2.20. The molecule has 0 aromatic heterocycles. The Morgan fingerprint density at radius 3 is 2.26 bits per heavy atom. The Bertz CT molecular complexity index is 1510. The zero-order valence-electron chi connectivity index (χ0n) is 18.4. The van der Waals surface area contributed by atoms with Gasteiger partial charge in [0, 0.05) is 5.69 Å². The van der Waals surface area contributed by atoms with E-state index in [4.69, 9.17) is 5.73 Å². The summed E-state index contributed by atoms with van der Waals surface area (Å²) in [6.45, 7) is 0. The molecule has 4 rings (SSSR count). The number of benzene rings is 4. The van der Waals surface area contributed by atoms with Gasteiger partial charge in [0.1, 0.15) is 11.9 Å². The van der Waals surface area contributed by atoms with Gasteiger partial charge >= 0.3 is 0 Å². The van der Waals surface area contributed by atoms with Crippen molar-refractivity contribution in [3.8, 4) is 0 Å². The van der Waals surface area contributed by atoms with Crippen molar-refractivity contribution in [2.75, 3.05) is 5.32 Å². The van der Waals surface area contributed by atoms with E-state index in [-0.39, 0.29) is 22.6 Å². The third-order valence-electron chi connectivity index (χ3n) is 5.43. The SMILES string of the molecule is NC(=O)c1cc(NC(=O)[C@H](Cc2ccccc2)NS(=O)(=O)c2ccc3ccccc3c2)ccc1F. The van der Waals surface area contributed by atoms with Gasteiger partial charge in [0.05, 0.1) is 10.5 Å². The van der Waals surface area contributed by atoms with Crippen molar-refractivity contribution in [2.45, 2.75) is 17.4 Å². The molecule has 178 valence electrons. The van der Waals surface area contributed by atoms with Crippen LogP contribution < -0.4 is 15.8 Å². The number of anilines is 1. The minimum absolute atomic E-state index is 0.0138. The van der Waals surface area contributed by atoms with Gasteiger partial charge in [-0.15, -0.1) is 0 Å². The van der Waals surface area contributed by atoms with E-state index in [0.29, 0.717) is 0 Å². The van der Waals surface area contributed by atoms with E-state index in [9.17, 15) is 22.4 Å². The van der Waals surface area contributed by atoms with Crippen molar-refractivity contribution in [3.63, 3.8) is 0 Å². The number of halogens is 1. The first kappa shape index (κ1) is 24.1. The maximum absolute atomic E-state index is 13.8. The topological polar surface area (TPSA) is 118 Å². The third-order valence-corrected chi connectivity index (χ3v) is 6.90. The van der Waals surface area contributed by atoms with Crippen molar-refractivity contribution in [3.05, 3.63) is 108 Å². The monoisotopic (exact) mass is 491 g/mol. The summed E-state index contributed by atoms with van der Waals surface area (Å²) in [5.41, 5.74) is 5.62. The summed E-state index contributed by atoms with van der Waals surface area (Å²) in [6.07, 6.45) is 0.0589. The van der Waals surface area contributed by atoms with E-state index < -0.39 is 33.7 Å². The average molecular weight is 492 g/mol. The minimum atomic E-state index is -4.08. The van der Waals surface area contributed by atoms with Crippen molar-refractivity contribution >= 4 is 38.3 Å². The lowest BCUT2D eigenvalue weighted by molar-refractivity contribution is -0.117. The van der Waals surface area contributed by atoms with Gasteiger partial charge < -0.3 is 11.1 Å². The molecule has 4 aromatic carbocycles. The Labute approximate surface area is 201 Å². The van der Waals surface area contributed by atoms with Gasteiger partial charge in [-0.1, -0.05) is 60.7 Å². The predicted octanol–water partition coefficient (Wildman–Crippen LogP) is 3.61. The Morgan fingerprint density at radius 1 is 0.857 bits per heavy atom. The second-order valence-corrected chi connectivity index (χ2v) is 9.63. The smallest absolute Gasteiger partial charge is 0.251 e. The third kappa shape index (κ3) is 5.71. The second-order valence-electron chi connectivity index (χ2n) is 7.92. The number of rotatable bonds is 8. The van der Waals surface area contributed by atoms with Crippen LogP contribution in [0.5, 0.6) is 0 Å². The molecule has 1 atom stereocenters. The predicted molar refractivity (Wildman–Crippen MR) is 132 cm³/mol. The number of hydrogen-bond acceptors (Lipinski definition) is 4. The molecule has 0 unspecified atom stereocenters. The molecule has 0 heterocycles. The highest BCUT2D eigenvalue weighted by Gasteiger charge is 2.27. The van der Waals surface area contributed by atoms with Crippen LogP contribution in [-0.2, 0) is 21.2 Å². The van der Waals surface area contributed by atoms with Crippen molar-refractivity contribution in [1.82, 2.24) is 4.72 Å². The number of nitrogens with one attached hydrogen (secondary N) is 2. The lowest BCUT2D eigenvalue weighted by atomic mass is 10.1. The lowest BCUT2D eigenvalue weighted by Crippen LogP contribution is -2.45. The molecule has 0 aliphatic carbocycles. The first-order valence-corrected chi connectivity index (χ1v) is 12.2. The molecule has 7 nitrogen and oxygen atoms in total. The van der Waals surface area contributed by atoms with Crippen LogP contribution in [0.15, 0.2) is 95.9 Å². The number of sulfonamides is 1. The Balaban J connectivity index is 1.63. The molecule has 0 bridgehead atoms. The van der Waals surface area contributed by atoms with E-state index in [1.54, 1.807) is 42.5 Å². The summed E-state index contributed by atoms with van der Waals surface area (Å²) in [5.74, 6) is -2.50. The van der Waals surface area contributed by atoms with Gasteiger partial charge in [-0.3, -0.25) is 9.59 Å². The van der Waals surface area contributed by atoms with Crippen LogP contribution in [-0.4, -0.2) is 26.3 Å². The normalized spacial score (nSPS) is 12.3. The molecule has 2 amide bonds. The fraction of sp³-hybridized carbons (Fsp3) is 0.0769. The molecule has 0 saturated carbocycles. The number of primary amides is 1. The lowest BCUT2D eigenvalue weighted by Gasteiger charge is -2.19. The first-order chi connectivity index (χ1) is 16.7. The Hall–Kier alpha value is -4.08. The fourth-order valence-electron chi connectivity index (χ4n) is 3.65. The molecule has 0 radical (unpaired) electrons. The fourth-order valence-corrected chi connectivity index (χ4v) is 4.88. The summed E-state index contributed by atoms with van der Waals surface area (Å²) < 4.78 is 42.7. The van der Waals surface area contributed by atoms with Crippen LogP contribution in [0.4, 0.5) is 10.1 Å². The summed E-state index contributed by atoms with van der Waals surface area (Å²) in [6, 6.07) is 23.1. The summed E-state index contributed by atoms with van der Waals surface area (Å²) in [5, 5.41) is 4.17.